The summed E-state index contributed by atoms with van der Waals surface area (Å²) in [6.45, 7) is 1.43. The fourth-order valence-electron chi connectivity index (χ4n) is 2.93. The third-order valence-electron chi connectivity index (χ3n) is 4.38. The van der Waals surface area contributed by atoms with Gasteiger partial charge >= 0.3 is 0 Å². The Morgan fingerprint density at radius 3 is 2.75 bits per heavy atom. The number of hydrogen-bond donors (Lipinski definition) is 3. The van der Waals surface area contributed by atoms with Gasteiger partial charge in [0.1, 0.15) is 12.4 Å². The fraction of sp³-hybridized carbons (Fsp3) is 0.333. The molecule has 3 N–H and O–H groups in total. The van der Waals surface area contributed by atoms with Crippen molar-refractivity contribution in [1.29, 1.82) is 0 Å². The van der Waals surface area contributed by atoms with Crippen molar-refractivity contribution in [2.45, 2.75) is 18.9 Å². The molecule has 1 aliphatic heterocycles. The molecule has 0 bridgehead atoms. The lowest BCUT2D eigenvalue weighted by Gasteiger charge is -2.13. The van der Waals surface area contributed by atoms with Gasteiger partial charge in [0.05, 0.1) is 12.6 Å². The molecule has 1 heterocycles. The zero-order chi connectivity index (χ0) is 19.8. The fourth-order valence-corrected chi connectivity index (χ4v) is 2.93. The van der Waals surface area contributed by atoms with Crippen LogP contribution in [0.4, 0.5) is 11.4 Å². The highest BCUT2D eigenvalue weighted by Crippen LogP contribution is 2.19. The van der Waals surface area contributed by atoms with Crippen LogP contribution in [0.15, 0.2) is 48.5 Å². The Morgan fingerprint density at radius 2 is 1.96 bits per heavy atom. The average molecular weight is 383 g/mol. The number of amides is 2. The smallest absolute Gasteiger partial charge is 0.251 e. The number of carbonyl (C=O) groups excluding carboxylic acids is 2. The molecule has 1 saturated heterocycles. The molecule has 2 aromatic rings. The van der Waals surface area contributed by atoms with Crippen LogP contribution in [0.1, 0.15) is 23.2 Å². The molecule has 1 fully saturated rings. The molecular formula is C21H25N3O4. The van der Waals surface area contributed by atoms with E-state index in [0.29, 0.717) is 17.9 Å². The maximum atomic E-state index is 12.2. The predicted molar refractivity (Wildman–Crippen MR) is 108 cm³/mol. The van der Waals surface area contributed by atoms with Gasteiger partial charge in [-0.05, 0) is 43.2 Å². The maximum Gasteiger partial charge on any atom is 0.251 e. The number of anilines is 2. The van der Waals surface area contributed by atoms with Crippen molar-refractivity contribution in [2.75, 3.05) is 37.4 Å². The minimum Gasteiger partial charge on any atom is -0.491 e. The first-order valence-electron chi connectivity index (χ1n) is 9.34. The highest BCUT2D eigenvalue weighted by atomic mass is 16.5. The van der Waals surface area contributed by atoms with E-state index >= 15 is 0 Å². The Hall–Kier alpha value is -3.06. The van der Waals surface area contributed by atoms with Gasteiger partial charge in [-0.3, -0.25) is 9.59 Å². The Labute approximate surface area is 164 Å². The lowest BCUT2D eigenvalue weighted by atomic mass is 10.2. The average Bonchev–Trinajstić information content (AvgIpc) is 3.24. The Bertz CT molecular complexity index is 819. The molecule has 1 unspecified atom stereocenters. The number of benzene rings is 2. The van der Waals surface area contributed by atoms with E-state index in [2.05, 4.69) is 16.0 Å². The minimum atomic E-state index is -0.209. The molecule has 148 valence electrons. The summed E-state index contributed by atoms with van der Waals surface area (Å²) < 4.78 is 11.3. The molecule has 2 aromatic carbocycles. The second-order valence-electron chi connectivity index (χ2n) is 6.54. The molecule has 1 aliphatic rings. The third kappa shape index (κ3) is 5.72. The van der Waals surface area contributed by atoms with Crippen molar-refractivity contribution < 1.29 is 19.1 Å². The third-order valence-corrected chi connectivity index (χ3v) is 4.38. The minimum absolute atomic E-state index is 0.0966. The molecule has 3 rings (SSSR count). The van der Waals surface area contributed by atoms with Crippen molar-refractivity contribution in [3.63, 3.8) is 0 Å². The van der Waals surface area contributed by atoms with Crippen LogP contribution in [0.5, 0.6) is 5.75 Å². The monoisotopic (exact) mass is 383 g/mol. The van der Waals surface area contributed by atoms with E-state index < -0.39 is 0 Å². The SMILES string of the molecule is CNC(=O)c1cccc(NC(=O)CNc2cccc(OCC3CCCO3)c2)c1. The van der Waals surface area contributed by atoms with Crippen LogP contribution in [0.2, 0.25) is 0 Å². The summed E-state index contributed by atoms with van der Waals surface area (Å²) in [6.07, 6.45) is 2.27. The van der Waals surface area contributed by atoms with Crippen LogP contribution >= 0.6 is 0 Å². The molecule has 0 aromatic heterocycles. The van der Waals surface area contributed by atoms with Crippen LogP contribution in [-0.4, -0.2) is 44.7 Å². The van der Waals surface area contributed by atoms with Crippen LogP contribution in [-0.2, 0) is 9.53 Å². The number of ether oxygens (including phenoxy) is 2. The summed E-state index contributed by atoms with van der Waals surface area (Å²) in [7, 11) is 1.57. The van der Waals surface area contributed by atoms with E-state index in [1.54, 1.807) is 31.3 Å². The van der Waals surface area contributed by atoms with E-state index in [1.165, 1.54) is 0 Å². The van der Waals surface area contributed by atoms with Gasteiger partial charge in [0, 0.05) is 36.7 Å². The van der Waals surface area contributed by atoms with Gasteiger partial charge in [-0.15, -0.1) is 0 Å². The molecule has 0 radical (unpaired) electrons. The lowest BCUT2D eigenvalue weighted by Crippen LogP contribution is -2.22. The summed E-state index contributed by atoms with van der Waals surface area (Å²) in [6, 6.07) is 14.3. The molecule has 28 heavy (non-hydrogen) atoms. The first kappa shape index (κ1) is 19.7. The summed E-state index contributed by atoms with van der Waals surface area (Å²) in [5.41, 5.74) is 1.85. The van der Waals surface area contributed by atoms with Gasteiger partial charge in [0.2, 0.25) is 5.91 Å². The molecule has 2 amide bonds. The maximum absolute atomic E-state index is 12.2. The summed E-state index contributed by atoms with van der Waals surface area (Å²) in [5, 5.41) is 8.42. The Morgan fingerprint density at radius 1 is 1.14 bits per heavy atom. The largest absolute Gasteiger partial charge is 0.491 e. The zero-order valence-electron chi connectivity index (χ0n) is 15.9. The summed E-state index contributed by atoms with van der Waals surface area (Å²) >= 11 is 0. The topological polar surface area (TPSA) is 88.7 Å². The molecule has 0 spiro atoms. The van der Waals surface area contributed by atoms with E-state index in [0.717, 1.165) is 30.9 Å². The van der Waals surface area contributed by atoms with Crippen LogP contribution in [0.3, 0.4) is 0 Å². The van der Waals surface area contributed by atoms with Crippen molar-refractivity contribution >= 4 is 23.2 Å². The highest BCUT2D eigenvalue weighted by molar-refractivity contribution is 5.98. The number of nitrogens with one attached hydrogen (secondary N) is 3. The summed E-state index contributed by atoms with van der Waals surface area (Å²) in [5.74, 6) is 0.327. The molecule has 0 aliphatic carbocycles. The van der Waals surface area contributed by atoms with Crippen LogP contribution < -0.4 is 20.7 Å². The van der Waals surface area contributed by atoms with Gasteiger partial charge < -0.3 is 25.4 Å². The molecule has 7 nitrogen and oxygen atoms in total. The van der Waals surface area contributed by atoms with Gasteiger partial charge in [-0.2, -0.15) is 0 Å². The van der Waals surface area contributed by atoms with E-state index in [9.17, 15) is 9.59 Å². The van der Waals surface area contributed by atoms with E-state index in [-0.39, 0.29) is 24.5 Å². The highest BCUT2D eigenvalue weighted by Gasteiger charge is 2.16. The second kappa shape index (κ2) is 9.75. The van der Waals surface area contributed by atoms with Gasteiger partial charge in [0.15, 0.2) is 0 Å². The van der Waals surface area contributed by atoms with Crippen molar-refractivity contribution in [3.05, 3.63) is 54.1 Å². The predicted octanol–water partition coefficient (Wildman–Crippen LogP) is 2.65. The van der Waals surface area contributed by atoms with Gasteiger partial charge in [-0.1, -0.05) is 12.1 Å². The van der Waals surface area contributed by atoms with Crippen molar-refractivity contribution in [2.24, 2.45) is 0 Å². The molecular weight excluding hydrogens is 358 g/mol. The van der Waals surface area contributed by atoms with Crippen molar-refractivity contribution in [3.8, 4) is 5.75 Å². The first-order valence-corrected chi connectivity index (χ1v) is 9.34. The standard InChI is InChI=1S/C21H25N3O4/c1-22-21(26)15-5-2-7-17(11-15)24-20(25)13-23-16-6-3-8-18(12-16)28-14-19-9-4-10-27-19/h2-3,5-8,11-12,19,23H,4,9-10,13-14H2,1H3,(H,22,26)(H,24,25). The first-order chi connectivity index (χ1) is 13.6. The van der Waals surface area contributed by atoms with Crippen LogP contribution in [0.25, 0.3) is 0 Å². The normalized spacial score (nSPS) is 15.7. The molecule has 7 heteroatoms. The van der Waals surface area contributed by atoms with E-state index in [1.807, 2.05) is 24.3 Å². The summed E-state index contributed by atoms with van der Waals surface area (Å²) in [4.78, 5) is 23.9. The zero-order valence-corrected chi connectivity index (χ0v) is 15.9. The Balaban J connectivity index is 1.49. The van der Waals surface area contributed by atoms with Gasteiger partial charge in [-0.25, -0.2) is 0 Å². The van der Waals surface area contributed by atoms with Gasteiger partial charge in [0.25, 0.3) is 5.91 Å². The number of rotatable bonds is 8. The quantitative estimate of drug-likeness (QED) is 0.652. The number of carbonyl (C=O) groups is 2. The number of hydrogen-bond acceptors (Lipinski definition) is 5. The molecule has 0 saturated carbocycles. The lowest BCUT2D eigenvalue weighted by molar-refractivity contribution is -0.114. The van der Waals surface area contributed by atoms with E-state index in [4.69, 9.17) is 9.47 Å². The molecule has 1 atom stereocenters. The Kier molecular flexibility index (Phi) is 6.86. The van der Waals surface area contributed by atoms with Crippen molar-refractivity contribution in [1.82, 2.24) is 5.32 Å². The second-order valence-corrected chi connectivity index (χ2v) is 6.54. The van der Waals surface area contributed by atoms with Crippen LogP contribution in [0, 0.1) is 0 Å².